The van der Waals surface area contributed by atoms with E-state index >= 15 is 0 Å². The van der Waals surface area contributed by atoms with E-state index in [4.69, 9.17) is 0 Å². The van der Waals surface area contributed by atoms with E-state index < -0.39 is 0 Å². The molecule has 0 aromatic heterocycles. The van der Waals surface area contributed by atoms with Gasteiger partial charge in [-0.15, -0.1) is 0 Å². The quantitative estimate of drug-likeness (QED) is 0.275. The third-order valence-corrected chi connectivity index (χ3v) is 4.95. The molecule has 124 valence electrons. The van der Waals surface area contributed by atoms with Gasteiger partial charge in [0.25, 0.3) is 0 Å². The van der Waals surface area contributed by atoms with Crippen molar-refractivity contribution in [3.05, 3.63) is 102 Å². The van der Waals surface area contributed by atoms with Crippen LogP contribution >= 0.6 is 23.5 Å². The Kier molecular flexibility index (Phi) is 6.48. The topological polar surface area (TPSA) is 12.4 Å². The Morgan fingerprint density at radius 3 is 2.00 bits per heavy atom. The monoisotopic (exact) mass is 365 g/mol. The predicted molar refractivity (Wildman–Crippen MR) is 107 cm³/mol. The first kappa shape index (κ1) is 17.5. The third-order valence-electron chi connectivity index (χ3n) is 3.19. The number of thioether (sulfide) groups is 2. The summed E-state index contributed by atoms with van der Waals surface area (Å²) in [7, 11) is 0. The average molecular weight is 365 g/mol. The van der Waals surface area contributed by atoms with Gasteiger partial charge < -0.3 is 0 Å². The van der Waals surface area contributed by atoms with E-state index in [0.29, 0.717) is 0 Å². The summed E-state index contributed by atoms with van der Waals surface area (Å²) in [5.41, 5.74) is 0.731. The van der Waals surface area contributed by atoms with Crippen LogP contribution in [-0.4, -0.2) is 5.04 Å². The molecule has 25 heavy (non-hydrogen) atoms. The van der Waals surface area contributed by atoms with E-state index in [0.717, 1.165) is 15.6 Å². The minimum Gasteiger partial charge on any atom is -0.242 e. The van der Waals surface area contributed by atoms with Crippen molar-refractivity contribution in [2.24, 2.45) is 4.99 Å². The molecule has 3 aromatic carbocycles. The van der Waals surface area contributed by atoms with Crippen molar-refractivity contribution in [2.75, 3.05) is 0 Å². The molecule has 0 saturated carbocycles. The molecule has 1 nitrogen and oxygen atoms in total. The highest BCUT2D eigenvalue weighted by Crippen LogP contribution is 2.25. The molecule has 0 unspecified atom stereocenters. The maximum atomic E-state index is 13.1. The van der Waals surface area contributed by atoms with Gasteiger partial charge in [-0.1, -0.05) is 59.9 Å². The second-order valence-electron chi connectivity index (χ2n) is 5.08. The number of halogens is 1. The first-order valence-electron chi connectivity index (χ1n) is 7.75. The lowest BCUT2D eigenvalue weighted by molar-refractivity contribution is 0.628. The summed E-state index contributed by atoms with van der Waals surface area (Å²) in [5, 5.41) is 2.87. The fourth-order valence-electron chi connectivity index (χ4n) is 2.02. The van der Waals surface area contributed by atoms with E-state index in [9.17, 15) is 4.39 Å². The van der Waals surface area contributed by atoms with Gasteiger partial charge in [0.15, 0.2) is 0 Å². The van der Waals surface area contributed by atoms with Gasteiger partial charge in [0, 0.05) is 9.79 Å². The molecule has 0 aliphatic carbocycles. The maximum absolute atomic E-state index is 13.1. The minimum absolute atomic E-state index is 0.258. The SMILES string of the molecule is Fc1ccc(N=C(C=CSc2ccccc2)Sc2ccccc2)cc1. The van der Waals surface area contributed by atoms with Gasteiger partial charge >= 0.3 is 0 Å². The van der Waals surface area contributed by atoms with Crippen LogP contribution in [0.25, 0.3) is 0 Å². The van der Waals surface area contributed by atoms with Crippen molar-refractivity contribution < 1.29 is 4.39 Å². The summed E-state index contributed by atoms with van der Waals surface area (Å²) >= 11 is 3.22. The molecule has 0 aliphatic heterocycles. The zero-order valence-corrected chi connectivity index (χ0v) is 15.0. The molecule has 0 amide bonds. The molecule has 0 heterocycles. The van der Waals surface area contributed by atoms with Crippen LogP contribution in [0.3, 0.4) is 0 Å². The normalized spacial score (nSPS) is 11.8. The predicted octanol–water partition coefficient (Wildman–Crippen LogP) is 6.95. The van der Waals surface area contributed by atoms with E-state index in [1.54, 1.807) is 35.7 Å². The van der Waals surface area contributed by atoms with Gasteiger partial charge in [-0.2, -0.15) is 0 Å². The molecule has 3 aromatic rings. The van der Waals surface area contributed by atoms with Crippen molar-refractivity contribution in [1.82, 2.24) is 0 Å². The Balaban J connectivity index is 1.79. The van der Waals surface area contributed by atoms with Crippen LogP contribution in [0.5, 0.6) is 0 Å². The second-order valence-corrected chi connectivity index (χ2v) is 7.15. The first-order valence-corrected chi connectivity index (χ1v) is 9.45. The zero-order chi connectivity index (χ0) is 17.3. The van der Waals surface area contributed by atoms with Crippen LogP contribution in [0.2, 0.25) is 0 Å². The molecule has 3 rings (SSSR count). The molecule has 0 N–H and O–H groups in total. The van der Waals surface area contributed by atoms with Crippen LogP contribution in [0.4, 0.5) is 10.1 Å². The molecule has 4 heteroatoms. The van der Waals surface area contributed by atoms with Crippen molar-refractivity contribution in [3.8, 4) is 0 Å². The molecule has 0 fully saturated rings. The van der Waals surface area contributed by atoms with Gasteiger partial charge in [-0.05, 0) is 60.0 Å². The number of benzene rings is 3. The van der Waals surface area contributed by atoms with Gasteiger partial charge in [0.1, 0.15) is 10.9 Å². The van der Waals surface area contributed by atoms with Crippen LogP contribution in [-0.2, 0) is 0 Å². The average Bonchev–Trinajstić information content (AvgIpc) is 2.65. The van der Waals surface area contributed by atoms with E-state index in [2.05, 4.69) is 17.1 Å². The highest BCUT2D eigenvalue weighted by atomic mass is 32.2. The van der Waals surface area contributed by atoms with Crippen LogP contribution < -0.4 is 0 Å². The Bertz CT molecular complexity index is 844. The first-order chi connectivity index (χ1) is 12.3. The number of hydrogen-bond donors (Lipinski definition) is 0. The largest absolute Gasteiger partial charge is 0.242 e. The standard InChI is InChI=1S/C21H16FNS2/c22-17-11-13-18(14-12-17)23-21(25-20-9-5-2-6-10-20)15-16-24-19-7-3-1-4-8-19/h1-16H. The summed E-state index contributed by atoms with van der Waals surface area (Å²) in [6.07, 6.45) is 1.98. The lowest BCUT2D eigenvalue weighted by atomic mass is 10.3. The lowest BCUT2D eigenvalue weighted by Gasteiger charge is -2.03. The Morgan fingerprint density at radius 1 is 0.760 bits per heavy atom. The number of aliphatic imine (C=N–C) groups is 1. The molecular weight excluding hydrogens is 349 g/mol. The van der Waals surface area contributed by atoms with Gasteiger partial charge in [0.2, 0.25) is 0 Å². The van der Waals surface area contributed by atoms with Crippen LogP contribution in [0, 0.1) is 5.82 Å². The second kappa shape index (κ2) is 9.25. The van der Waals surface area contributed by atoms with Crippen molar-refractivity contribution in [2.45, 2.75) is 9.79 Å². The summed E-state index contributed by atoms with van der Waals surface area (Å²) in [6.45, 7) is 0. The highest BCUT2D eigenvalue weighted by molar-refractivity contribution is 8.14. The molecule has 0 aliphatic rings. The zero-order valence-electron chi connectivity index (χ0n) is 13.4. The van der Waals surface area contributed by atoms with E-state index in [1.165, 1.54) is 17.0 Å². The smallest absolute Gasteiger partial charge is 0.123 e. The summed E-state index contributed by atoms with van der Waals surface area (Å²) in [5.74, 6) is -0.258. The summed E-state index contributed by atoms with van der Waals surface area (Å²) < 4.78 is 13.1. The van der Waals surface area contributed by atoms with Gasteiger partial charge in [-0.3, -0.25) is 0 Å². The Hall–Kier alpha value is -2.30. The number of rotatable bonds is 5. The molecular formula is C21H16FNS2. The molecule has 0 radical (unpaired) electrons. The Morgan fingerprint density at radius 2 is 1.36 bits per heavy atom. The summed E-state index contributed by atoms with van der Waals surface area (Å²) in [6, 6.07) is 26.4. The minimum atomic E-state index is -0.258. The molecule has 0 bridgehead atoms. The van der Waals surface area contributed by atoms with Gasteiger partial charge in [0.05, 0.1) is 5.69 Å². The maximum Gasteiger partial charge on any atom is 0.123 e. The van der Waals surface area contributed by atoms with Gasteiger partial charge in [-0.25, -0.2) is 9.38 Å². The van der Waals surface area contributed by atoms with Crippen molar-refractivity contribution in [1.29, 1.82) is 0 Å². The summed E-state index contributed by atoms with van der Waals surface area (Å²) in [4.78, 5) is 6.92. The molecule has 0 atom stereocenters. The van der Waals surface area contributed by atoms with E-state index in [-0.39, 0.29) is 5.82 Å². The van der Waals surface area contributed by atoms with E-state index in [1.807, 2.05) is 60.0 Å². The molecule has 0 spiro atoms. The lowest BCUT2D eigenvalue weighted by Crippen LogP contribution is -1.86. The molecule has 0 saturated heterocycles. The van der Waals surface area contributed by atoms with Crippen LogP contribution in [0.1, 0.15) is 0 Å². The fourth-order valence-corrected chi connectivity index (χ4v) is 3.59. The van der Waals surface area contributed by atoms with Crippen LogP contribution in [0.15, 0.2) is 111 Å². The van der Waals surface area contributed by atoms with Crippen molar-refractivity contribution >= 4 is 34.3 Å². The highest BCUT2D eigenvalue weighted by Gasteiger charge is 2.01. The number of nitrogens with zero attached hydrogens (tertiary/aromatic N) is 1. The third kappa shape index (κ3) is 5.93. The van der Waals surface area contributed by atoms with Crippen molar-refractivity contribution in [3.63, 3.8) is 0 Å². The fraction of sp³-hybridized carbons (Fsp3) is 0. The number of hydrogen-bond acceptors (Lipinski definition) is 3. The Labute approximate surface area is 155 Å².